The number of rotatable bonds is 4. The topological polar surface area (TPSA) is 77.3 Å². The predicted octanol–water partition coefficient (Wildman–Crippen LogP) is 2.81. The number of aromatic nitrogens is 2. The smallest absolute Gasteiger partial charge is 0.315 e. The average Bonchev–Trinajstić information content (AvgIpc) is 3.35. The lowest BCUT2D eigenvalue weighted by Crippen LogP contribution is -2.33. The molecule has 1 amide bonds. The molecule has 0 bridgehead atoms. The molecular weight excluding hydrogens is 332 g/mol. The Balaban J connectivity index is 1.50. The van der Waals surface area contributed by atoms with Crippen molar-refractivity contribution in [2.24, 2.45) is 5.92 Å². The number of ether oxygens (including phenoxy) is 1. The molecule has 1 fully saturated rings. The van der Waals surface area contributed by atoms with Gasteiger partial charge in [0.05, 0.1) is 18.6 Å². The first-order valence-corrected chi connectivity index (χ1v) is 8.25. The lowest BCUT2D eigenvalue weighted by Gasteiger charge is -2.16. The first-order chi connectivity index (χ1) is 12.1. The van der Waals surface area contributed by atoms with Crippen molar-refractivity contribution in [3.8, 4) is 11.4 Å². The van der Waals surface area contributed by atoms with E-state index in [9.17, 15) is 13.6 Å². The van der Waals surface area contributed by atoms with E-state index >= 15 is 0 Å². The lowest BCUT2D eigenvalue weighted by atomic mass is 10.0. The summed E-state index contributed by atoms with van der Waals surface area (Å²) >= 11 is 0. The van der Waals surface area contributed by atoms with Gasteiger partial charge in [-0.1, -0.05) is 17.3 Å². The van der Waals surface area contributed by atoms with Crippen molar-refractivity contribution < 1.29 is 22.8 Å². The van der Waals surface area contributed by atoms with Gasteiger partial charge in [0.25, 0.3) is 5.89 Å². The van der Waals surface area contributed by atoms with Gasteiger partial charge in [-0.05, 0) is 36.5 Å². The Hall–Kier alpha value is -2.35. The zero-order chi connectivity index (χ0) is 17.4. The normalized spacial score (nSPS) is 22.4. The maximum Gasteiger partial charge on any atom is 0.315 e. The molecule has 1 unspecified atom stereocenters. The number of hydrogen-bond acceptors (Lipinski definition) is 5. The molecule has 6 nitrogen and oxygen atoms in total. The van der Waals surface area contributed by atoms with Gasteiger partial charge in [0, 0.05) is 12.2 Å². The highest BCUT2D eigenvalue weighted by molar-refractivity contribution is 5.79. The molecule has 1 aliphatic heterocycles. The molecule has 8 heteroatoms. The Morgan fingerprint density at radius 2 is 2.20 bits per heavy atom. The highest BCUT2D eigenvalue weighted by Gasteiger charge is 2.29. The van der Waals surface area contributed by atoms with E-state index in [1.54, 1.807) is 6.07 Å². The number of nitrogens with zero attached hydrogens (tertiary/aromatic N) is 2. The van der Waals surface area contributed by atoms with E-state index in [1.807, 2.05) is 12.1 Å². The van der Waals surface area contributed by atoms with Crippen LogP contribution in [0.1, 0.15) is 42.3 Å². The molecule has 25 heavy (non-hydrogen) atoms. The molecule has 0 radical (unpaired) electrons. The molecule has 1 N–H and O–H groups in total. The molecule has 2 heterocycles. The highest BCUT2D eigenvalue weighted by atomic mass is 19.3. The number of nitrogens with one attached hydrogen (secondary N) is 1. The zero-order valence-electron chi connectivity index (χ0n) is 13.4. The van der Waals surface area contributed by atoms with Gasteiger partial charge in [0.2, 0.25) is 11.7 Å². The number of halogens is 2. The molecule has 0 saturated carbocycles. The van der Waals surface area contributed by atoms with Crippen LogP contribution in [0.4, 0.5) is 8.78 Å². The Morgan fingerprint density at radius 1 is 1.32 bits per heavy atom. The van der Waals surface area contributed by atoms with Crippen molar-refractivity contribution in [3.63, 3.8) is 0 Å². The number of amides is 1. The first kappa shape index (κ1) is 16.1. The van der Waals surface area contributed by atoms with E-state index < -0.39 is 12.3 Å². The Kier molecular flexibility index (Phi) is 4.20. The van der Waals surface area contributed by atoms with Crippen LogP contribution >= 0.6 is 0 Å². The monoisotopic (exact) mass is 349 g/mol. The van der Waals surface area contributed by atoms with E-state index in [2.05, 4.69) is 20.0 Å². The lowest BCUT2D eigenvalue weighted by molar-refractivity contribution is -0.125. The number of aryl methyl sites for hydroxylation is 1. The molecule has 2 aromatic rings. The van der Waals surface area contributed by atoms with Gasteiger partial charge in [-0.15, -0.1) is 0 Å². The third-order valence-corrected chi connectivity index (χ3v) is 4.72. The summed E-state index contributed by atoms with van der Waals surface area (Å²) in [6, 6.07) is 5.51. The van der Waals surface area contributed by atoms with Gasteiger partial charge < -0.3 is 14.6 Å². The minimum atomic E-state index is -2.78. The molecule has 1 aliphatic carbocycles. The summed E-state index contributed by atoms with van der Waals surface area (Å²) < 4.78 is 35.0. The molecule has 2 atom stereocenters. The van der Waals surface area contributed by atoms with Crippen molar-refractivity contribution >= 4 is 5.91 Å². The van der Waals surface area contributed by atoms with E-state index in [-0.39, 0.29) is 23.7 Å². The van der Waals surface area contributed by atoms with Crippen LogP contribution in [0.5, 0.6) is 0 Å². The molecule has 4 rings (SSSR count). The van der Waals surface area contributed by atoms with Crippen LogP contribution in [0.3, 0.4) is 0 Å². The van der Waals surface area contributed by atoms with Gasteiger partial charge in [0.15, 0.2) is 0 Å². The maximum absolute atomic E-state index is 12.6. The third-order valence-electron chi connectivity index (χ3n) is 4.72. The Morgan fingerprint density at radius 3 is 2.92 bits per heavy atom. The SMILES string of the molecule is O=C(N[C@@H]1CCc2cc(-c3noc(C(F)F)n3)ccc21)C1CCOC1. The number of carbonyl (C=O) groups is 1. The Bertz CT molecular complexity index is 787. The summed E-state index contributed by atoms with van der Waals surface area (Å²) in [4.78, 5) is 16.0. The first-order valence-electron chi connectivity index (χ1n) is 8.25. The van der Waals surface area contributed by atoms with E-state index in [4.69, 9.17) is 4.74 Å². The third kappa shape index (κ3) is 3.13. The number of alkyl halides is 2. The molecular formula is C17H17F2N3O3. The summed E-state index contributed by atoms with van der Waals surface area (Å²) in [5.41, 5.74) is 2.74. The van der Waals surface area contributed by atoms with Gasteiger partial charge in [0.1, 0.15) is 0 Å². The van der Waals surface area contributed by atoms with Crippen LogP contribution in [0.25, 0.3) is 11.4 Å². The summed E-state index contributed by atoms with van der Waals surface area (Å²) in [6.45, 7) is 1.11. The van der Waals surface area contributed by atoms with Crippen LogP contribution in [0, 0.1) is 5.92 Å². The molecule has 1 saturated heterocycles. The summed E-state index contributed by atoms with van der Waals surface area (Å²) in [5, 5.41) is 6.69. The van der Waals surface area contributed by atoms with Crippen molar-refractivity contribution in [1.29, 1.82) is 0 Å². The minimum Gasteiger partial charge on any atom is -0.381 e. The van der Waals surface area contributed by atoms with Crippen LogP contribution in [-0.4, -0.2) is 29.3 Å². The van der Waals surface area contributed by atoms with Gasteiger partial charge in [-0.2, -0.15) is 13.8 Å². The summed E-state index contributed by atoms with van der Waals surface area (Å²) in [7, 11) is 0. The second-order valence-corrected chi connectivity index (χ2v) is 6.33. The van der Waals surface area contributed by atoms with Crippen molar-refractivity contribution in [1.82, 2.24) is 15.5 Å². The predicted molar refractivity (Wildman–Crippen MR) is 82.8 cm³/mol. The standard InChI is InChI=1S/C17H17F2N3O3/c18-14(19)17-21-15(22-25-17)10-1-3-12-9(7-10)2-4-13(12)20-16(23)11-5-6-24-8-11/h1,3,7,11,13-14H,2,4-6,8H2,(H,20,23)/t11?,13-/m1/s1. The van der Waals surface area contributed by atoms with Crippen LogP contribution < -0.4 is 5.32 Å². The summed E-state index contributed by atoms with van der Waals surface area (Å²) in [6.07, 6.45) is -0.411. The van der Waals surface area contributed by atoms with Crippen LogP contribution in [0.2, 0.25) is 0 Å². The fourth-order valence-electron chi connectivity index (χ4n) is 3.38. The van der Waals surface area contributed by atoms with E-state index in [0.717, 1.165) is 30.4 Å². The maximum atomic E-state index is 12.6. The molecule has 2 aliphatic rings. The Labute approximate surface area is 142 Å². The van der Waals surface area contributed by atoms with E-state index in [1.165, 1.54) is 0 Å². The van der Waals surface area contributed by atoms with E-state index in [0.29, 0.717) is 18.8 Å². The largest absolute Gasteiger partial charge is 0.381 e. The number of hydrogen-bond donors (Lipinski definition) is 1. The average molecular weight is 349 g/mol. The van der Waals surface area contributed by atoms with Crippen LogP contribution in [0.15, 0.2) is 22.7 Å². The van der Waals surface area contributed by atoms with Gasteiger partial charge in [-0.3, -0.25) is 4.79 Å². The van der Waals surface area contributed by atoms with Crippen molar-refractivity contribution in [2.75, 3.05) is 13.2 Å². The number of fused-ring (bicyclic) bond motifs is 1. The summed E-state index contributed by atoms with van der Waals surface area (Å²) in [5.74, 6) is -0.581. The number of carbonyl (C=O) groups excluding carboxylic acids is 1. The quantitative estimate of drug-likeness (QED) is 0.918. The number of benzene rings is 1. The second-order valence-electron chi connectivity index (χ2n) is 6.33. The molecule has 0 spiro atoms. The molecule has 132 valence electrons. The fraction of sp³-hybridized carbons (Fsp3) is 0.471. The highest BCUT2D eigenvalue weighted by Crippen LogP contribution is 2.34. The van der Waals surface area contributed by atoms with Gasteiger partial charge >= 0.3 is 6.43 Å². The molecule has 1 aromatic heterocycles. The zero-order valence-corrected chi connectivity index (χ0v) is 13.4. The van der Waals surface area contributed by atoms with Crippen molar-refractivity contribution in [3.05, 3.63) is 35.2 Å². The molecule has 1 aromatic carbocycles. The minimum absolute atomic E-state index is 0.0270. The van der Waals surface area contributed by atoms with Crippen LogP contribution in [-0.2, 0) is 16.0 Å². The second kappa shape index (κ2) is 6.51. The van der Waals surface area contributed by atoms with Crippen molar-refractivity contribution in [2.45, 2.75) is 31.7 Å². The van der Waals surface area contributed by atoms with Gasteiger partial charge in [-0.25, -0.2) is 0 Å². The fourth-order valence-corrected chi connectivity index (χ4v) is 3.38.